The molecule has 1 aliphatic heterocycles. The van der Waals surface area contributed by atoms with E-state index < -0.39 is 10.0 Å². The first kappa shape index (κ1) is 25.5. The predicted molar refractivity (Wildman–Crippen MR) is 141 cm³/mol. The first-order valence-electron chi connectivity index (χ1n) is 11.2. The molecule has 0 N–H and O–H groups in total. The van der Waals surface area contributed by atoms with Crippen LogP contribution in [0.2, 0.25) is 4.34 Å². The molecule has 0 radical (unpaired) electrons. The lowest BCUT2D eigenvalue weighted by Crippen LogP contribution is -2.45. The van der Waals surface area contributed by atoms with Crippen molar-refractivity contribution in [2.45, 2.75) is 30.9 Å². The molecule has 11 heteroatoms. The molecule has 3 heterocycles. The van der Waals surface area contributed by atoms with E-state index in [-0.39, 0.29) is 16.0 Å². The van der Waals surface area contributed by atoms with Crippen molar-refractivity contribution in [2.75, 3.05) is 45.2 Å². The van der Waals surface area contributed by atoms with Crippen molar-refractivity contribution >= 4 is 65.6 Å². The van der Waals surface area contributed by atoms with E-state index in [1.165, 1.54) is 9.87 Å². The molecule has 1 saturated heterocycles. The summed E-state index contributed by atoms with van der Waals surface area (Å²) in [6.45, 7) is 5.98. The number of rotatable bonds is 7. The Kier molecular flexibility index (Phi) is 7.66. The van der Waals surface area contributed by atoms with Crippen LogP contribution >= 0.6 is 34.3 Å². The Hall–Kier alpha value is -1.56. The van der Waals surface area contributed by atoms with E-state index in [1.807, 2.05) is 25.9 Å². The molecule has 0 spiro atoms. The summed E-state index contributed by atoms with van der Waals surface area (Å²) in [5, 5.41) is 0.707. The van der Waals surface area contributed by atoms with Gasteiger partial charge in [-0.15, -0.1) is 11.3 Å². The van der Waals surface area contributed by atoms with Crippen molar-refractivity contribution in [3.05, 3.63) is 39.7 Å². The van der Waals surface area contributed by atoms with Gasteiger partial charge in [0.25, 0.3) is 10.0 Å². The van der Waals surface area contributed by atoms with Gasteiger partial charge in [-0.3, -0.25) is 9.69 Å². The average Bonchev–Trinajstić information content (AvgIpc) is 3.40. The number of nitrogens with zero attached hydrogens (tertiary/aromatic N) is 4. The van der Waals surface area contributed by atoms with Crippen LogP contribution in [0.15, 0.2) is 28.5 Å². The van der Waals surface area contributed by atoms with Crippen molar-refractivity contribution in [3.8, 4) is 0 Å². The number of hydrogen-bond donors (Lipinski definition) is 0. The third-order valence-corrected chi connectivity index (χ3v) is 10.7. The molecule has 184 valence electrons. The van der Waals surface area contributed by atoms with Gasteiger partial charge < -0.3 is 4.90 Å². The van der Waals surface area contributed by atoms with Crippen molar-refractivity contribution < 1.29 is 13.2 Å². The number of sulfonamides is 1. The van der Waals surface area contributed by atoms with E-state index in [1.54, 1.807) is 28.4 Å². The molecule has 2 aromatic heterocycles. The molecule has 1 fully saturated rings. The first-order chi connectivity index (χ1) is 16.1. The van der Waals surface area contributed by atoms with Crippen LogP contribution in [0.25, 0.3) is 10.2 Å². The number of thiazole rings is 1. The minimum Gasteiger partial charge on any atom is -0.308 e. The Morgan fingerprint density at radius 3 is 2.47 bits per heavy atom. The van der Waals surface area contributed by atoms with E-state index in [0.717, 1.165) is 27.1 Å². The summed E-state index contributed by atoms with van der Waals surface area (Å²) < 4.78 is 29.1. The summed E-state index contributed by atoms with van der Waals surface area (Å²) >= 11 is 8.54. The van der Waals surface area contributed by atoms with E-state index in [2.05, 4.69) is 19.1 Å². The normalized spacial score (nSPS) is 15.9. The van der Waals surface area contributed by atoms with Gasteiger partial charge in [-0.25, -0.2) is 13.4 Å². The Labute approximate surface area is 214 Å². The van der Waals surface area contributed by atoms with Gasteiger partial charge in [-0.1, -0.05) is 29.0 Å². The number of aromatic nitrogens is 1. The quantitative estimate of drug-likeness (QED) is 0.437. The van der Waals surface area contributed by atoms with Gasteiger partial charge in [-0.2, -0.15) is 4.31 Å². The zero-order valence-electron chi connectivity index (χ0n) is 19.7. The molecule has 0 saturated carbocycles. The second kappa shape index (κ2) is 10.2. The molecule has 0 unspecified atom stereocenters. The second-order valence-electron chi connectivity index (χ2n) is 8.96. The van der Waals surface area contributed by atoms with Crippen molar-refractivity contribution in [1.29, 1.82) is 0 Å². The van der Waals surface area contributed by atoms with Crippen LogP contribution in [0.5, 0.6) is 0 Å². The summed E-state index contributed by atoms with van der Waals surface area (Å²) in [6, 6.07) is 7.35. The minimum absolute atomic E-state index is 0.0199. The summed E-state index contributed by atoms with van der Waals surface area (Å²) in [5.41, 5.74) is 3.21. The topological polar surface area (TPSA) is 73.8 Å². The van der Waals surface area contributed by atoms with E-state index in [9.17, 15) is 13.2 Å². The SMILES string of the molecule is Cc1cc(C)c2nc(N(CCN(C)C)C(=O)C3CCN(S(=O)(=O)c4ccc(Cl)s4)CC3)sc2c1. The Morgan fingerprint density at radius 1 is 1.15 bits per heavy atom. The lowest BCUT2D eigenvalue weighted by molar-refractivity contribution is -0.123. The monoisotopic (exact) mass is 540 g/mol. The van der Waals surface area contributed by atoms with E-state index in [0.29, 0.717) is 48.5 Å². The maximum Gasteiger partial charge on any atom is 0.252 e. The lowest BCUT2D eigenvalue weighted by Gasteiger charge is -2.33. The van der Waals surface area contributed by atoms with Crippen molar-refractivity contribution in [1.82, 2.24) is 14.2 Å². The number of likely N-dealkylation sites (N-methyl/N-ethyl adjacent to an activating group) is 1. The standard InChI is InChI=1S/C23H29ClN4O3S3/c1-15-13-16(2)21-18(14-15)32-23(25-21)28(12-11-26(3)4)22(29)17-7-9-27(10-8-17)34(30,31)20-6-5-19(24)33-20/h5-6,13-14,17H,7-12H2,1-4H3. The van der Waals surface area contributed by atoms with Crippen LogP contribution in [0, 0.1) is 19.8 Å². The lowest BCUT2D eigenvalue weighted by atomic mass is 9.96. The molecule has 34 heavy (non-hydrogen) atoms. The number of fused-ring (bicyclic) bond motifs is 1. The number of halogens is 1. The maximum atomic E-state index is 13.7. The molecule has 1 aromatic carbocycles. The highest BCUT2D eigenvalue weighted by Crippen LogP contribution is 2.34. The van der Waals surface area contributed by atoms with Gasteiger partial charge in [-0.05, 0) is 70.1 Å². The fraction of sp³-hybridized carbons (Fsp3) is 0.478. The molecule has 0 bridgehead atoms. The van der Waals surface area contributed by atoms with Crippen LogP contribution < -0.4 is 4.90 Å². The molecular formula is C23H29ClN4O3S3. The van der Waals surface area contributed by atoms with Gasteiger partial charge in [0.15, 0.2) is 5.13 Å². The number of carbonyl (C=O) groups excluding carboxylic acids is 1. The third-order valence-electron chi connectivity index (χ3n) is 6.03. The van der Waals surface area contributed by atoms with Crippen molar-refractivity contribution in [2.24, 2.45) is 5.92 Å². The summed E-state index contributed by atoms with van der Waals surface area (Å²) in [7, 11) is 0.377. The second-order valence-corrected chi connectivity index (χ2v) is 13.8. The highest BCUT2D eigenvalue weighted by atomic mass is 35.5. The molecular weight excluding hydrogens is 512 g/mol. The fourth-order valence-corrected chi connectivity index (χ4v) is 8.48. The molecule has 4 rings (SSSR count). The van der Waals surface area contributed by atoms with E-state index in [4.69, 9.17) is 16.6 Å². The van der Waals surface area contributed by atoms with Gasteiger partial charge in [0.1, 0.15) is 4.21 Å². The maximum absolute atomic E-state index is 13.7. The Morgan fingerprint density at radius 2 is 1.85 bits per heavy atom. The van der Waals surface area contributed by atoms with Gasteiger partial charge >= 0.3 is 0 Å². The summed E-state index contributed by atoms with van der Waals surface area (Å²) in [4.78, 5) is 22.3. The number of carbonyl (C=O) groups is 1. The molecule has 1 amide bonds. The average molecular weight is 541 g/mol. The predicted octanol–water partition coefficient (Wildman–Crippen LogP) is 4.62. The Bertz CT molecular complexity index is 1290. The van der Waals surface area contributed by atoms with Crippen molar-refractivity contribution in [3.63, 3.8) is 0 Å². The molecule has 0 aliphatic carbocycles. The minimum atomic E-state index is -3.58. The molecule has 1 aliphatic rings. The van der Waals surface area contributed by atoms with Gasteiger partial charge in [0.05, 0.1) is 14.6 Å². The van der Waals surface area contributed by atoms with Crippen LogP contribution in [0.1, 0.15) is 24.0 Å². The fourth-order valence-electron chi connectivity index (χ4n) is 4.20. The first-order valence-corrected chi connectivity index (χ1v) is 14.6. The Balaban J connectivity index is 1.53. The zero-order chi connectivity index (χ0) is 24.6. The third kappa shape index (κ3) is 5.32. The van der Waals surface area contributed by atoms with Crippen LogP contribution in [-0.4, -0.2) is 68.8 Å². The zero-order valence-corrected chi connectivity index (χ0v) is 23.0. The van der Waals surface area contributed by atoms with E-state index >= 15 is 0 Å². The number of benzene rings is 1. The number of anilines is 1. The number of hydrogen-bond acceptors (Lipinski definition) is 7. The molecule has 0 atom stereocenters. The number of aryl methyl sites for hydroxylation is 2. The smallest absolute Gasteiger partial charge is 0.252 e. The summed E-state index contributed by atoms with van der Waals surface area (Å²) in [6.07, 6.45) is 0.970. The highest BCUT2D eigenvalue weighted by molar-refractivity contribution is 7.91. The van der Waals surface area contributed by atoms with Gasteiger partial charge in [0, 0.05) is 32.1 Å². The number of amides is 1. The molecule has 3 aromatic rings. The molecule has 7 nitrogen and oxygen atoms in total. The number of piperidine rings is 1. The highest BCUT2D eigenvalue weighted by Gasteiger charge is 2.35. The largest absolute Gasteiger partial charge is 0.308 e. The van der Waals surface area contributed by atoms with Gasteiger partial charge in [0.2, 0.25) is 5.91 Å². The summed E-state index contributed by atoms with van der Waals surface area (Å²) in [5.74, 6) is -0.220. The van der Waals surface area contributed by atoms with Crippen LogP contribution in [0.4, 0.5) is 5.13 Å². The van der Waals surface area contributed by atoms with Crippen LogP contribution in [0.3, 0.4) is 0 Å². The van der Waals surface area contributed by atoms with Crippen LogP contribution in [-0.2, 0) is 14.8 Å². The number of thiophene rings is 1.